The van der Waals surface area contributed by atoms with Gasteiger partial charge in [0.2, 0.25) is 10.0 Å². The predicted octanol–water partition coefficient (Wildman–Crippen LogP) is 3.55. The second-order valence-electron chi connectivity index (χ2n) is 5.14. The van der Waals surface area contributed by atoms with Crippen LogP contribution in [0.1, 0.15) is 13.3 Å². The van der Waals surface area contributed by atoms with Crippen molar-refractivity contribution in [3.8, 4) is 0 Å². The van der Waals surface area contributed by atoms with E-state index in [0.29, 0.717) is 9.23 Å². The maximum Gasteiger partial charge on any atom is 0.249 e. The van der Waals surface area contributed by atoms with E-state index >= 15 is 0 Å². The molecule has 110 valence electrons. The number of aromatic nitrogens is 2. The monoisotopic (exact) mass is 418 g/mol. The van der Waals surface area contributed by atoms with Crippen LogP contribution < -0.4 is 0 Å². The quantitative estimate of drug-likeness (QED) is 0.702. The molecule has 2 aromatic heterocycles. The first-order valence-electron chi connectivity index (χ1n) is 6.25. The molecule has 1 atom stereocenters. The highest BCUT2D eigenvalue weighted by Crippen LogP contribution is 2.38. The molecular weight excluding hydrogens is 406 g/mol. The van der Waals surface area contributed by atoms with Crippen molar-refractivity contribution in [1.29, 1.82) is 0 Å². The van der Waals surface area contributed by atoms with Crippen LogP contribution in [0.25, 0.3) is 11.0 Å². The number of hydrogen-bond acceptors (Lipinski definition) is 3. The minimum Gasteiger partial charge on any atom is -0.237 e. The third-order valence-electron chi connectivity index (χ3n) is 3.52. The van der Waals surface area contributed by atoms with Gasteiger partial charge < -0.3 is 0 Å². The van der Waals surface area contributed by atoms with Crippen molar-refractivity contribution in [2.75, 3.05) is 0 Å². The second-order valence-corrected chi connectivity index (χ2v) is 8.80. The standard InChI is InChI=1S/C14H12FIN2O2S/c1-14(8-11(15)7-12(16)9-14)21(19,20)18-6-4-10-3-2-5-17-13(10)18/h2-8H,9H2,1H3. The largest absolute Gasteiger partial charge is 0.249 e. The van der Waals surface area contributed by atoms with Gasteiger partial charge in [0.1, 0.15) is 10.6 Å². The summed E-state index contributed by atoms with van der Waals surface area (Å²) in [6.45, 7) is 1.53. The smallest absolute Gasteiger partial charge is 0.237 e. The molecule has 0 aliphatic heterocycles. The summed E-state index contributed by atoms with van der Waals surface area (Å²) in [5.74, 6) is -0.527. The minimum atomic E-state index is -3.82. The van der Waals surface area contributed by atoms with Crippen LogP contribution in [0.2, 0.25) is 0 Å². The van der Waals surface area contributed by atoms with Crippen molar-refractivity contribution in [3.63, 3.8) is 0 Å². The summed E-state index contributed by atoms with van der Waals surface area (Å²) in [4.78, 5) is 4.12. The van der Waals surface area contributed by atoms with Crippen molar-refractivity contribution >= 4 is 43.6 Å². The predicted molar refractivity (Wildman–Crippen MR) is 88.4 cm³/mol. The molecule has 0 spiro atoms. The van der Waals surface area contributed by atoms with Crippen molar-refractivity contribution in [3.05, 3.63) is 52.2 Å². The molecule has 1 unspecified atom stereocenters. The van der Waals surface area contributed by atoms with E-state index in [0.717, 1.165) is 9.36 Å². The van der Waals surface area contributed by atoms with E-state index in [-0.39, 0.29) is 6.42 Å². The molecule has 1 aliphatic carbocycles. The summed E-state index contributed by atoms with van der Waals surface area (Å²) >= 11 is 1.96. The Balaban J connectivity index is 2.20. The van der Waals surface area contributed by atoms with Gasteiger partial charge in [-0.1, -0.05) is 0 Å². The normalized spacial score (nSPS) is 23.0. The molecule has 0 amide bonds. The fourth-order valence-electron chi connectivity index (χ4n) is 2.45. The molecule has 4 nitrogen and oxygen atoms in total. The molecule has 0 radical (unpaired) electrons. The summed E-state index contributed by atoms with van der Waals surface area (Å²) in [6.07, 6.45) is 5.77. The van der Waals surface area contributed by atoms with Gasteiger partial charge in [0.05, 0.1) is 0 Å². The van der Waals surface area contributed by atoms with Crippen LogP contribution in [0.4, 0.5) is 4.39 Å². The Morgan fingerprint density at radius 2 is 2.19 bits per heavy atom. The number of halogens is 2. The molecule has 0 N–H and O–H groups in total. The van der Waals surface area contributed by atoms with E-state index in [1.54, 1.807) is 18.2 Å². The van der Waals surface area contributed by atoms with Gasteiger partial charge in [0, 0.05) is 24.2 Å². The number of rotatable bonds is 2. The summed E-state index contributed by atoms with van der Waals surface area (Å²) in [5, 5.41) is 0.732. The number of hydrogen-bond donors (Lipinski definition) is 0. The number of nitrogens with zero attached hydrogens (tertiary/aromatic N) is 2. The van der Waals surface area contributed by atoms with Gasteiger partial charge in [0.25, 0.3) is 0 Å². The highest BCUT2D eigenvalue weighted by molar-refractivity contribution is 14.1. The van der Waals surface area contributed by atoms with E-state index in [2.05, 4.69) is 4.98 Å². The fourth-order valence-corrected chi connectivity index (χ4v) is 5.45. The lowest BCUT2D eigenvalue weighted by Gasteiger charge is -2.28. The molecule has 0 aromatic carbocycles. The Morgan fingerprint density at radius 3 is 2.90 bits per heavy atom. The third kappa shape index (κ3) is 2.32. The molecular formula is C14H12FIN2O2S. The molecule has 0 saturated carbocycles. The number of fused-ring (bicyclic) bond motifs is 1. The van der Waals surface area contributed by atoms with Gasteiger partial charge in [0.15, 0.2) is 5.65 Å². The van der Waals surface area contributed by atoms with E-state index in [4.69, 9.17) is 0 Å². The lowest BCUT2D eigenvalue weighted by molar-refractivity contribution is 0.544. The molecule has 0 fully saturated rings. The SMILES string of the molecule is CC1(S(=O)(=O)n2ccc3cccnc32)C=C(F)C=C(I)C1. The lowest BCUT2D eigenvalue weighted by Crippen LogP contribution is -2.38. The van der Waals surface area contributed by atoms with Crippen LogP contribution in [0.15, 0.2) is 52.2 Å². The van der Waals surface area contributed by atoms with Crippen LogP contribution in [0.3, 0.4) is 0 Å². The van der Waals surface area contributed by atoms with Crippen LogP contribution in [-0.4, -0.2) is 22.1 Å². The van der Waals surface area contributed by atoms with Gasteiger partial charge in [-0.05, 0) is 63.4 Å². The Hall–Kier alpha value is -1.22. The minimum absolute atomic E-state index is 0.246. The fraction of sp³-hybridized carbons (Fsp3) is 0.214. The summed E-state index contributed by atoms with van der Waals surface area (Å²) in [6, 6.07) is 5.22. The maximum absolute atomic E-state index is 13.7. The highest BCUT2D eigenvalue weighted by atomic mass is 127. The van der Waals surface area contributed by atoms with Gasteiger partial charge in [-0.3, -0.25) is 0 Å². The Kier molecular flexibility index (Phi) is 3.44. The topological polar surface area (TPSA) is 52.0 Å². The molecule has 7 heteroatoms. The number of pyridine rings is 1. The van der Waals surface area contributed by atoms with Crippen molar-refractivity contribution in [2.24, 2.45) is 0 Å². The Labute approximate surface area is 135 Å². The first kappa shape index (κ1) is 14.7. The van der Waals surface area contributed by atoms with E-state index in [9.17, 15) is 12.8 Å². The molecule has 3 rings (SSSR count). The average Bonchev–Trinajstić information content (AvgIpc) is 2.81. The first-order valence-corrected chi connectivity index (χ1v) is 8.77. The summed E-state index contributed by atoms with van der Waals surface area (Å²) in [5.41, 5.74) is 0.358. The van der Waals surface area contributed by atoms with Crippen LogP contribution in [-0.2, 0) is 10.0 Å². The zero-order valence-electron chi connectivity index (χ0n) is 11.1. The maximum atomic E-state index is 13.7. The molecule has 0 bridgehead atoms. The molecule has 2 aromatic rings. The number of allylic oxidation sites excluding steroid dienone is 3. The van der Waals surface area contributed by atoms with E-state index in [1.165, 1.54) is 31.5 Å². The van der Waals surface area contributed by atoms with Crippen LogP contribution in [0, 0.1) is 0 Å². The van der Waals surface area contributed by atoms with Crippen molar-refractivity contribution in [2.45, 2.75) is 18.1 Å². The first-order chi connectivity index (χ1) is 9.83. The second kappa shape index (κ2) is 4.91. The Morgan fingerprint density at radius 1 is 1.43 bits per heavy atom. The highest BCUT2D eigenvalue weighted by Gasteiger charge is 2.42. The van der Waals surface area contributed by atoms with Gasteiger partial charge in [-0.25, -0.2) is 21.8 Å². The molecule has 1 aliphatic rings. The van der Waals surface area contributed by atoms with Crippen LogP contribution >= 0.6 is 22.6 Å². The van der Waals surface area contributed by atoms with Crippen molar-refractivity contribution < 1.29 is 12.8 Å². The lowest BCUT2D eigenvalue weighted by atomic mass is 10.0. The summed E-state index contributed by atoms with van der Waals surface area (Å²) < 4.78 is 40.1. The van der Waals surface area contributed by atoms with E-state index in [1.807, 2.05) is 22.6 Å². The molecule has 2 heterocycles. The van der Waals surface area contributed by atoms with Crippen molar-refractivity contribution in [1.82, 2.24) is 8.96 Å². The van der Waals surface area contributed by atoms with Gasteiger partial charge >= 0.3 is 0 Å². The van der Waals surface area contributed by atoms with Gasteiger partial charge in [-0.2, -0.15) is 0 Å². The van der Waals surface area contributed by atoms with Crippen LogP contribution in [0.5, 0.6) is 0 Å². The van der Waals surface area contributed by atoms with E-state index < -0.39 is 20.6 Å². The molecule has 21 heavy (non-hydrogen) atoms. The third-order valence-corrected chi connectivity index (χ3v) is 6.47. The average molecular weight is 418 g/mol. The zero-order valence-corrected chi connectivity index (χ0v) is 14.1. The van der Waals surface area contributed by atoms with Gasteiger partial charge in [-0.15, -0.1) is 0 Å². The Bertz CT molecular complexity index is 885. The molecule has 0 saturated heterocycles. The summed E-state index contributed by atoms with van der Waals surface area (Å²) in [7, 11) is -3.82. The zero-order chi connectivity index (χ0) is 15.3.